The Hall–Kier alpha value is -1.13. The van der Waals surface area contributed by atoms with Crippen LogP contribution in [0.5, 0.6) is 5.75 Å². The van der Waals surface area contributed by atoms with Crippen molar-refractivity contribution in [3.05, 3.63) is 34.4 Å². The predicted molar refractivity (Wildman–Crippen MR) is 78.0 cm³/mol. The van der Waals surface area contributed by atoms with E-state index >= 15 is 0 Å². The second-order valence-corrected chi connectivity index (χ2v) is 5.10. The number of hydrogen-bond donors (Lipinski definition) is 1. The van der Waals surface area contributed by atoms with Crippen molar-refractivity contribution in [3.63, 3.8) is 0 Å². The van der Waals surface area contributed by atoms with E-state index in [4.69, 9.17) is 10.5 Å². The Morgan fingerprint density at radius 1 is 1.28 bits per heavy atom. The molecular weight excluding hydrogens is 292 g/mol. The fraction of sp³-hybridized carbons (Fsp3) is 0.357. The monoisotopic (exact) mass is 308 g/mol. The van der Waals surface area contributed by atoms with Gasteiger partial charge >= 0.3 is 0 Å². The van der Waals surface area contributed by atoms with Crippen LogP contribution >= 0.6 is 15.9 Å². The number of hydrogen-bond acceptors (Lipinski definition) is 3. The standard InChI is InChI=1S/C14H17BrN2O/c1-10-6-8-17-14-12(18-9-3-2-7-16)5-4-11(15)13(10)14/h4-6,8H,2-3,7,9,16H2,1H3. The van der Waals surface area contributed by atoms with Gasteiger partial charge in [-0.1, -0.05) is 15.9 Å². The Morgan fingerprint density at radius 2 is 2.11 bits per heavy atom. The molecule has 0 radical (unpaired) electrons. The molecule has 4 heteroatoms. The largest absolute Gasteiger partial charge is 0.491 e. The molecule has 2 rings (SSSR count). The van der Waals surface area contributed by atoms with Gasteiger partial charge in [0.15, 0.2) is 0 Å². The number of halogens is 1. The molecule has 2 aromatic rings. The molecule has 0 atom stereocenters. The first-order valence-electron chi connectivity index (χ1n) is 6.10. The van der Waals surface area contributed by atoms with Gasteiger partial charge < -0.3 is 10.5 Å². The minimum absolute atomic E-state index is 0.684. The van der Waals surface area contributed by atoms with Crippen LogP contribution in [0.1, 0.15) is 18.4 Å². The van der Waals surface area contributed by atoms with Crippen molar-refractivity contribution in [1.29, 1.82) is 0 Å². The van der Waals surface area contributed by atoms with Gasteiger partial charge in [-0.25, -0.2) is 0 Å². The highest BCUT2D eigenvalue weighted by atomic mass is 79.9. The Labute approximate surface area is 115 Å². The number of fused-ring (bicyclic) bond motifs is 1. The number of aryl methyl sites for hydroxylation is 1. The summed E-state index contributed by atoms with van der Waals surface area (Å²) in [6, 6.07) is 5.97. The van der Waals surface area contributed by atoms with Gasteiger partial charge in [-0.15, -0.1) is 0 Å². The Morgan fingerprint density at radius 3 is 2.89 bits per heavy atom. The first-order valence-corrected chi connectivity index (χ1v) is 6.90. The number of aromatic nitrogens is 1. The normalized spacial score (nSPS) is 10.8. The van der Waals surface area contributed by atoms with Crippen LogP contribution in [-0.4, -0.2) is 18.1 Å². The quantitative estimate of drug-likeness (QED) is 0.861. The van der Waals surface area contributed by atoms with Gasteiger partial charge in [0, 0.05) is 16.1 Å². The molecule has 2 N–H and O–H groups in total. The maximum atomic E-state index is 5.79. The zero-order valence-corrected chi connectivity index (χ0v) is 12.0. The summed E-state index contributed by atoms with van der Waals surface area (Å²) in [5, 5.41) is 1.12. The molecule has 1 heterocycles. The lowest BCUT2D eigenvalue weighted by Crippen LogP contribution is -2.04. The highest BCUT2D eigenvalue weighted by molar-refractivity contribution is 9.10. The number of nitrogens with two attached hydrogens (primary N) is 1. The first-order chi connectivity index (χ1) is 8.74. The van der Waals surface area contributed by atoms with E-state index in [1.165, 1.54) is 5.56 Å². The number of rotatable bonds is 5. The van der Waals surface area contributed by atoms with Gasteiger partial charge in [-0.05, 0) is 50.1 Å². The van der Waals surface area contributed by atoms with Gasteiger partial charge in [-0.3, -0.25) is 4.98 Å². The lowest BCUT2D eigenvalue weighted by molar-refractivity contribution is 0.311. The van der Waals surface area contributed by atoms with E-state index in [9.17, 15) is 0 Å². The van der Waals surface area contributed by atoms with Crippen molar-refractivity contribution >= 4 is 26.8 Å². The average Bonchev–Trinajstić information content (AvgIpc) is 2.37. The summed E-state index contributed by atoms with van der Waals surface area (Å²) in [5.41, 5.74) is 7.57. The van der Waals surface area contributed by atoms with E-state index in [2.05, 4.69) is 27.8 Å². The number of benzene rings is 1. The lowest BCUT2D eigenvalue weighted by Gasteiger charge is -2.10. The third kappa shape index (κ3) is 2.82. The molecule has 0 unspecified atom stereocenters. The molecule has 18 heavy (non-hydrogen) atoms. The van der Waals surface area contributed by atoms with Gasteiger partial charge in [0.25, 0.3) is 0 Å². The fourth-order valence-corrected chi connectivity index (χ4v) is 2.54. The van der Waals surface area contributed by atoms with Gasteiger partial charge in [-0.2, -0.15) is 0 Å². The van der Waals surface area contributed by atoms with E-state index in [1.807, 2.05) is 24.4 Å². The molecule has 0 aliphatic carbocycles. The van der Waals surface area contributed by atoms with Crippen molar-refractivity contribution in [3.8, 4) is 5.75 Å². The molecule has 0 fully saturated rings. The Balaban J connectivity index is 2.29. The molecule has 0 bridgehead atoms. The molecular formula is C14H17BrN2O. The lowest BCUT2D eigenvalue weighted by atomic mass is 10.1. The zero-order valence-electron chi connectivity index (χ0n) is 10.4. The SMILES string of the molecule is Cc1ccnc2c(OCCCCN)ccc(Br)c12. The van der Waals surface area contributed by atoms with Crippen LogP contribution < -0.4 is 10.5 Å². The number of unbranched alkanes of at least 4 members (excludes halogenated alkanes) is 1. The summed E-state index contributed by atoms with van der Waals surface area (Å²) in [5.74, 6) is 0.842. The van der Waals surface area contributed by atoms with Gasteiger partial charge in [0.1, 0.15) is 11.3 Å². The minimum atomic E-state index is 0.684. The summed E-state index contributed by atoms with van der Waals surface area (Å²) in [6.45, 7) is 3.47. The molecule has 1 aromatic carbocycles. The van der Waals surface area contributed by atoms with Crippen molar-refractivity contribution < 1.29 is 4.74 Å². The highest BCUT2D eigenvalue weighted by Crippen LogP contribution is 2.32. The molecule has 1 aromatic heterocycles. The van der Waals surface area contributed by atoms with Crippen molar-refractivity contribution in [2.75, 3.05) is 13.2 Å². The fourth-order valence-electron chi connectivity index (χ4n) is 1.90. The minimum Gasteiger partial charge on any atom is -0.491 e. The van der Waals surface area contributed by atoms with Crippen LogP contribution in [0.15, 0.2) is 28.9 Å². The number of nitrogens with zero attached hydrogens (tertiary/aromatic N) is 1. The van der Waals surface area contributed by atoms with Crippen molar-refractivity contribution in [2.24, 2.45) is 5.73 Å². The second-order valence-electron chi connectivity index (χ2n) is 4.24. The van der Waals surface area contributed by atoms with Gasteiger partial charge in [0.2, 0.25) is 0 Å². The highest BCUT2D eigenvalue weighted by Gasteiger charge is 2.08. The summed E-state index contributed by atoms with van der Waals surface area (Å²) in [4.78, 5) is 4.42. The van der Waals surface area contributed by atoms with Crippen LogP contribution in [0.3, 0.4) is 0 Å². The number of ether oxygens (including phenoxy) is 1. The van der Waals surface area contributed by atoms with E-state index in [1.54, 1.807) is 0 Å². The molecule has 0 saturated heterocycles. The maximum Gasteiger partial charge on any atom is 0.145 e. The van der Waals surface area contributed by atoms with Crippen LogP contribution in [0.25, 0.3) is 10.9 Å². The molecule has 3 nitrogen and oxygen atoms in total. The smallest absolute Gasteiger partial charge is 0.145 e. The summed E-state index contributed by atoms with van der Waals surface area (Å²) >= 11 is 3.56. The number of pyridine rings is 1. The first kappa shape index (κ1) is 13.3. The molecule has 0 saturated carbocycles. The molecule has 0 amide bonds. The average molecular weight is 309 g/mol. The zero-order chi connectivity index (χ0) is 13.0. The maximum absolute atomic E-state index is 5.79. The van der Waals surface area contributed by atoms with Crippen molar-refractivity contribution in [2.45, 2.75) is 19.8 Å². The molecule has 0 aliphatic rings. The van der Waals surface area contributed by atoms with E-state index in [0.717, 1.165) is 34.0 Å². The third-order valence-electron chi connectivity index (χ3n) is 2.87. The van der Waals surface area contributed by atoms with E-state index < -0.39 is 0 Å². The molecule has 0 spiro atoms. The van der Waals surface area contributed by atoms with Crippen LogP contribution in [0, 0.1) is 6.92 Å². The Kier molecular flexibility index (Phi) is 4.55. The van der Waals surface area contributed by atoms with Crippen LogP contribution in [-0.2, 0) is 0 Å². The van der Waals surface area contributed by atoms with Crippen LogP contribution in [0.2, 0.25) is 0 Å². The van der Waals surface area contributed by atoms with Gasteiger partial charge in [0.05, 0.1) is 6.61 Å². The van der Waals surface area contributed by atoms with E-state index in [0.29, 0.717) is 13.2 Å². The Bertz CT molecular complexity index is 534. The topological polar surface area (TPSA) is 48.1 Å². The van der Waals surface area contributed by atoms with E-state index in [-0.39, 0.29) is 0 Å². The summed E-state index contributed by atoms with van der Waals surface area (Å²) < 4.78 is 6.85. The van der Waals surface area contributed by atoms with Crippen LogP contribution in [0.4, 0.5) is 0 Å². The summed E-state index contributed by atoms with van der Waals surface area (Å²) in [6.07, 6.45) is 3.78. The summed E-state index contributed by atoms with van der Waals surface area (Å²) in [7, 11) is 0. The second kappa shape index (κ2) is 6.16. The molecule has 0 aliphatic heterocycles. The predicted octanol–water partition coefficient (Wildman–Crippen LogP) is 3.42. The molecule has 96 valence electrons. The van der Waals surface area contributed by atoms with Crippen molar-refractivity contribution in [1.82, 2.24) is 4.98 Å². The third-order valence-corrected chi connectivity index (χ3v) is 3.53.